The van der Waals surface area contributed by atoms with Crippen molar-refractivity contribution < 1.29 is 57.1 Å². The van der Waals surface area contributed by atoms with Gasteiger partial charge in [-0.05, 0) is 70.8 Å². The Kier molecular flexibility index (Phi) is 12.6. The maximum Gasteiger partial charge on any atom is 0.343 e. The number of rotatable bonds is 16. The highest BCUT2D eigenvalue weighted by Gasteiger charge is 2.38. The lowest BCUT2D eigenvalue weighted by Gasteiger charge is -2.37. The molecule has 12 heteroatoms. The van der Waals surface area contributed by atoms with E-state index in [4.69, 9.17) is 37.9 Å². The van der Waals surface area contributed by atoms with E-state index in [1.54, 1.807) is 48.5 Å². The highest BCUT2D eigenvalue weighted by atomic mass is 16.6. The lowest BCUT2D eigenvalue weighted by atomic mass is 9.65. The molecule has 0 atom stereocenters. The van der Waals surface area contributed by atoms with Crippen LogP contribution in [0.3, 0.4) is 0 Å². The van der Waals surface area contributed by atoms with Crippen molar-refractivity contribution in [2.45, 2.75) is 5.41 Å². The zero-order valence-corrected chi connectivity index (χ0v) is 27.5. The second-order valence-electron chi connectivity index (χ2n) is 10.3. The van der Waals surface area contributed by atoms with E-state index in [2.05, 4.69) is 0 Å². The molecule has 12 nitrogen and oxygen atoms in total. The molecule has 0 aliphatic carbocycles. The molecule has 0 saturated heterocycles. The van der Waals surface area contributed by atoms with Gasteiger partial charge in [-0.1, -0.05) is 48.5 Å². The molecule has 0 aromatic heterocycles. The van der Waals surface area contributed by atoms with Crippen molar-refractivity contribution in [3.63, 3.8) is 0 Å². The maximum absolute atomic E-state index is 11.7. The summed E-state index contributed by atoms with van der Waals surface area (Å²) in [4.78, 5) is 46.8. The molecule has 0 saturated carbocycles. The number of methoxy groups -OCH3 is 4. The molecule has 0 bridgehead atoms. The van der Waals surface area contributed by atoms with Gasteiger partial charge in [0.05, 0.1) is 33.9 Å². The molecule has 0 aliphatic rings. The quantitative estimate of drug-likeness (QED) is 0.0953. The van der Waals surface area contributed by atoms with Crippen LogP contribution in [-0.2, 0) is 43.5 Å². The van der Waals surface area contributed by atoms with Crippen LogP contribution in [0.2, 0.25) is 0 Å². The Labute approximate surface area is 283 Å². The minimum absolute atomic E-state index is 0.256. The summed E-state index contributed by atoms with van der Waals surface area (Å²) in [6.07, 6.45) is 0. The number of hydrogen-bond donors (Lipinski definition) is 0. The second kappa shape index (κ2) is 17.2. The third-order valence-electron chi connectivity index (χ3n) is 7.49. The van der Waals surface area contributed by atoms with Crippen LogP contribution in [0, 0.1) is 0 Å². The van der Waals surface area contributed by atoms with Crippen LogP contribution in [0.5, 0.6) is 23.0 Å². The van der Waals surface area contributed by atoms with Crippen molar-refractivity contribution >= 4 is 23.9 Å². The van der Waals surface area contributed by atoms with Gasteiger partial charge in [-0.3, -0.25) is 0 Å². The van der Waals surface area contributed by atoms with Crippen molar-refractivity contribution in [1.82, 2.24) is 0 Å². The third-order valence-corrected chi connectivity index (χ3v) is 7.49. The van der Waals surface area contributed by atoms with Gasteiger partial charge in [0.25, 0.3) is 0 Å². The predicted octanol–water partition coefficient (Wildman–Crippen LogP) is 4.28. The Morgan fingerprint density at radius 2 is 0.551 bits per heavy atom. The summed E-state index contributed by atoms with van der Waals surface area (Å²) in [6.45, 7) is -1.02. The van der Waals surface area contributed by atoms with Crippen LogP contribution in [0.15, 0.2) is 97.1 Å². The lowest BCUT2D eigenvalue weighted by molar-refractivity contribution is -0.143. The van der Waals surface area contributed by atoms with E-state index in [1.165, 1.54) is 28.4 Å². The van der Waals surface area contributed by atoms with E-state index >= 15 is 0 Å². The largest absolute Gasteiger partial charge is 0.482 e. The summed E-state index contributed by atoms with van der Waals surface area (Å²) in [5, 5.41) is 0. The molecular formula is C37H36O12. The standard InChI is InChI=1S/C37H36O12/c1-42-33(38)21-46-29-13-5-25(6-14-29)37(26-7-15-30(16-8-26)47-22-34(39)43-2,27-9-17-31(18-10-27)48-23-35(40)44-3)28-11-19-32(20-12-28)49-24-36(41)45-4/h5-20H,21-24H2,1-4H3. The van der Waals surface area contributed by atoms with Gasteiger partial charge in [0.15, 0.2) is 26.4 Å². The molecule has 0 unspecified atom stereocenters. The molecule has 0 amide bonds. The summed E-state index contributed by atoms with van der Waals surface area (Å²) in [7, 11) is 5.14. The van der Waals surface area contributed by atoms with E-state index in [0.29, 0.717) is 23.0 Å². The van der Waals surface area contributed by atoms with Gasteiger partial charge >= 0.3 is 23.9 Å². The van der Waals surface area contributed by atoms with Gasteiger partial charge in [-0.15, -0.1) is 0 Å². The predicted molar refractivity (Wildman–Crippen MR) is 175 cm³/mol. The molecule has 256 valence electrons. The van der Waals surface area contributed by atoms with Crippen LogP contribution >= 0.6 is 0 Å². The van der Waals surface area contributed by atoms with Gasteiger partial charge in [0.2, 0.25) is 0 Å². The van der Waals surface area contributed by atoms with Crippen LogP contribution in [0.4, 0.5) is 0 Å². The number of carbonyl (C=O) groups is 4. The first-order chi connectivity index (χ1) is 23.7. The fourth-order valence-electron chi connectivity index (χ4n) is 5.01. The zero-order chi connectivity index (χ0) is 35.2. The molecule has 0 N–H and O–H groups in total. The molecule has 0 aliphatic heterocycles. The Morgan fingerprint density at radius 1 is 0.367 bits per heavy atom. The highest BCUT2D eigenvalue weighted by Crippen LogP contribution is 2.46. The highest BCUT2D eigenvalue weighted by molar-refractivity contribution is 5.72. The SMILES string of the molecule is COC(=O)COc1ccc(C(c2ccc(OCC(=O)OC)cc2)(c2ccc(OCC(=O)OC)cc2)c2ccc(OCC(=O)OC)cc2)cc1. The molecule has 0 heterocycles. The summed E-state index contributed by atoms with van der Waals surface area (Å²) in [5.74, 6) is -0.260. The van der Waals surface area contributed by atoms with Crippen molar-refractivity contribution in [2.24, 2.45) is 0 Å². The first-order valence-corrected chi connectivity index (χ1v) is 14.9. The zero-order valence-electron chi connectivity index (χ0n) is 27.5. The molecule has 4 rings (SSSR count). The van der Waals surface area contributed by atoms with Gasteiger partial charge in [0.1, 0.15) is 23.0 Å². The van der Waals surface area contributed by atoms with E-state index in [9.17, 15) is 19.2 Å². The van der Waals surface area contributed by atoms with Crippen molar-refractivity contribution in [2.75, 3.05) is 54.9 Å². The number of esters is 4. The minimum atomic E-state index is -0.997. The summed E-state index contributed by atoms with van der Waals surface area (Å²) < 4.78 is 41.2. The van der Waals surface area contributed by atoms with Crippen molar-refractivity contribution in [1.29, 1.82) is 0 Å². The van der Waals surface area contributed by atoms with Gasteiger partial charge in [-0.25, -0.2) is 19.2 Å². The molecule has 0 fully saturated rings. The lowest BCUT2D eigenvalue weighted by Crippen LogP contribution is -2.31. The smallest absolute Gasteiger partial charge is 0.343 e. The molecule has 4 aromatic carbocycles. The Morgan fingerprint density at radius 3 is 0.714 bits per heavy atom. The van der Waals surface area contributed by atoms with Crippen molar-refractivity contribution in [3.05, 3.63) is 119 Å². The van der Waals surface area contributed by atoms with E-state index < -0.39 is 29.3 Å². The Hall–Kier alpha value is -6.04. The van der Waals surface area contributed by atoms with E-state index in [1.807, 2.05) is 48.5 Å². The monoisotopic (exact) mass is 672 g/mol. The average molecular weight is 673 g/mol. The number of hydrogen-bond acceptors (Lipinski definition) is 12. The molecule has 49 heavy (non-hydrogen) atoms. The normalized spacial score (nSPS) is 10.7. The first kappa shape index (κ1) is 35.8. The number of benzene rings is 4. The average Bonchev–Trinajstić information content (AvgIpc) is 3.16. The fourth-order valence-corrected chi connectivity index (χ4v) is 5.01. The van der Waals surface area contributed by atoms with Gasteiger partial charge in [0, 0.05) is 0 Å². The van der Waals surface area contributed by atoms with Crippen LogP contribution in [-0.4, -0.2) is 78.7 Å². The first-order valence-electron chi connectivity index (χ1n) is 14.9. The maximum atomic E-state index is 11.7. The summed E-state index contributed by atoms with van der Waals surface area (Å²) in [6, 6.07) is 29.1. The minimum Gasteiger partial charge on any atom is -0.482 e. The Balaban J connectivity index is 1.87. The fraction of sp³-hybridized carbons (Fsp3) is 0.243. The number of ether oxygens (including phenoxy) is 8. The van der Waals surface area contributed by atoms with Crippen LogP contribution in [0.25, 0.3) is 0 Å². The van der Waals surface area contributed by atoms with Gasteiger partial charge < -0.3 is 37.9 Å². The number of carbonyl (C=O) groups excluding carboxylic acids is 4. The second-order valence-corrected chi connectivity index (χ2v) is 10.3. The summed E-state index contributed by atoms with van der Waals surface area (Å²) in [5.41, 5.74) is 2.25. The third kappa shape index (κ3) is 9.07. The van der Waals surface area contributed by atoms with Gasteiger partial charge in [-0.2, -0.15) is 0 Å². The molecular weight excluding hydrogens is 636 g/mol. The van der Waals surface area contributed by atoms with Crippen molar-refractivity contribution in [3.8, 4) is 23.0 Å². The van der Waals surface area contributed by atoms with Crippen LogP contribution < -0.4 is 18.9 Å². The van der Waals surface area contributed by atoms with Crippen LogP contribution in [0.1, 0.15) is 22.3 Å². The Bertz CT molecular complexity index is 1440. The summed E-state index contributed by atoms with van der Waals surface area (Å²) >= 11 is 0. The molecule has 0 radical (unpaired) electrons. The molecule has 0 spiro atoms. The molecule has 4 aromatic rings. The van der Waals surface area contributed by atoms with E-state index in [0.717, 1.165) is 22.3 Å². The topological polar surface area (TPSA) is 142 Å². The van der Waals surface area contributed by atoms with E-state index in [-0.39, 0.29) is 26.4 Å².